The molecule has 1 aromatic heterocycles. The van der Waals surface area contributed by atoms with Crippen molar-refractivity contribution in [1.82, 2.24) is 20.1 Å². The summed E-state index contributed by atoms with van der Waals surface area (Å²) in [5, 5.41) is 12.4. The van der Waals surface area contributed by atoms with Crippen molar-refractivity contribution in [2.24, 2.45) is 5.73 Å². The Labute approximate surface area is 152 Å². The van der Waals surface area contributed by atoms with E-state index in [4.69, 9.17) is 5.73 Å². The molecule has 1 aromatic rings. The summed E-state index contributed by atoms with van der Waals surface area (Å²) in [6.07, 6.45) is 9.59. The van der Waals surface area contributed by atoms with Crippen molar-refractivity contribution in [3.63, 3.8) is 0 Å². The summed E-state index contributed by atoms with van der Waals surface area (Å²) in [5.74, 6) is 1.41. The van der Waals surface area contributed by atoms with E-state index < -0.39 is 0 Å². The lowest BCUT2D eigenvalue weighted by atomic mass is 10.1. The maximum atomic E-state index is 12.3. The third-order valence-electron chi connectivity index (χ3n) is 4.82. The molecule has 0 bridgehead atoms. The van der Waals surface area contributed by atoms with Gasteiger partial charge in [-0.2, -0.15) is 0 Å². The summed E-state index contributed by atoms with van der Waals surface area (Å²) in [6.45, 7) is 0.487. The fourth-order valence-corrected chi connectivity index (χ4v) is 4.09. The van der Waals surface area contributed by atoms with Crippen molar-refractivity contribution in [3.8, 4) is 0 Å². The first-order chi connectivity index (χ1) is 12.1. The number of primary amides is 1. The van der Waals surface area contributed by atoms with Gasteiger partial charge in [0.25, 0.3) is 0 Å². The number of hydrogen-bond donors (Lipinski definition) is 2. The Morgan fingerprint density at radius 1 is 1.12 bits per heavy atom. The highest BCUT2D eigenvalue weighted by Gasteiger charge is 2.30. The fourth-order valence-electron chi connectivity index (χ4n) is 3.31. The maximum Gasteiger partial charge on any atom is 0.230 e. The van der Waals surface area contributed by atoms with Gasteiger partial charge in [-0.15, -0.1) is 10.2 Å². The largest absolute Gasteiger partial charge is 0.370 e. The van der Waals surface area contributed by atoms with Crippen LogP contribution >= 0.6 is 11.8 Å². The van der Waals surface area contributed by atoms with Gasteiger partial charge in [-0.25, -0.2) is 0 Å². The van der Waals surface area contributed by atoms with Gasteiger partial charge in [-0.3, -0.25) is 9.59 Å². The summed E-state index contributed by atoms with van der Waals surface area (Å²) in [7, 11) is 0. The average Bonchev–Trinajstić information content (AvgIpc) is 3.37. The van der Waals surface area contributed by atoms with E-state index in [1.807, 2.05) is 4.57 Å². The number of rotatable bonds is 8. The minimum atomic E-state index is -0.336. The van der Waals surface area contributed by atoms with Gasteiger partial charge >= 0.3 is 0 Å². The van der Waals surface area contributed by atoms with Gasteiger partial charge in [0.1, 0.15) is 5.82 Å². The Morgan fingerprint density at radius 3 is 2.48 bits per heavy atom. The molecule has 0 radical (unpaired) electrons. The van der Waals surface area contributed by atoms with Gasteiger partial charge in [-0.05, 0) is 25.7 Å². The first-order valence-corrected chi connectivity index (χ1v) is 10.3. The predicted molar refractivity (Wildman–Crippen MR) is 96.2 cm³/mol. The number of carbonyl (C=O) groups excluding carboxylic acids is 2. The number of nitrogens with zero attached hydrogens (tertiary/aromatic N) is 3. The van der Waals surface area contributed by atoms with E-state index in [0.717, 1.165) is 31.5 Å². The third kappa shape index (κ3) is 5.45. The van der Waals surface area contributed by atoms with Crippen molar-refractivity contribution in [2.45, 2.75) is 81.4 Å². The number of aromatic nitrogens is 3. The fraction of sp³-hybridized carbons (Fsp3) is 0.765. The highest BCUT2D eigenvalue weighted by molar-refractivity contribution is 7.99. The molecule has 2 saturated carbocycles. The second-order valence-corrected chi connectivity index (χ2v) is 7.97. The van der Waals surface area contributed by atoms with E-state index in [-0.39, 0.29) is 18.2 Å². The van der Waals surface area contributed by atoms with Crippen LogP contribution in [0.1, 0.15) is 69.5 Å². The molecule has 0 unspecified atom stereocenters. The molecule has 2 fully saturated rings. The molecule has 3 N–H and O–H groups in total. The molecule has 2 aliphatic rings. The average molecular weight is 366 g/mol. The van der Waals surface area contributed by atoms with Crippen LogP contribution in [0.3, 0.4) is 0 Å². The Bertz CT molecular complexity index is 606. The molecule has 0 spiro atoms. The molecule has 3 rings (SSSR count). The van der Waals surface area contributed by atoms with Crippen molar-refractivity contribution in [1.29, 1.82) is 0 Å². The van der Waals surface area contributed by atoms with Crippen LogP contribution in [0.4, 0.5) is 0 Å². The molecule has 7 nitrogen and oxygen atoms in total. The third-order valence-corrected chi connectivity index (χ3v) is 5.79. The minimum Gasteiger partial charge on any atom is -0.370 e. The standard InChI is InChI=1S/C17H27N5O2S/c18-14(23)9-10-22-16(12-7-8-12)20-21-17(22)25-11-15(24)19-13-5-3-1-2-4-6-13/h12-13H,1-11H2,(H2,18,23)(H,19,24). The van der Waals surface area contributed by atoms with Crippen LogP contribution in [-0.4, -0.2) is 38.4 Å². The first-order valence-electron chi connectivity index (χ1n) is 9.27. The van der Waals surface area contributed by atoms with E-state index in [1.54, 1.807) is 0 Å². The Hall–Kier alpha value is -1.57. The van der Waals surface area contributed by atoms with Crippen LogP contribution in [0, 0.1) is 0 Å². The molecule has 2 amide bonds. The SMILES string of the molecule is NC(=O)CCn1c(SCC(=O)NC2CCCCCC2)nnc1C1CC1. The van der Waals surface area contributed by atoms with Crippen LogP contribution in [-0.2, 0) is 16.1 Å². The summed E-state index contributed by atoms with van der Waals surface area (Å²) < 4.78 is 1.96. The molecular weight excluding hydrogens is 338 g/mol. The molecule has 8 heteroatoms. The Morgan fingerprint density at radius 2 is 1.84 bits per heavy atom. The highest BCUT2D eigenvalue weighted by atomic mass is 32.2. The topological polar surface area (TPSA) is 103 Å². The highest BCUT2D eigenvalue weighted by Crippen LogP contribution is 2.40. The smallest absolute Gasteiger partial charge is 0.230 e. The maximum absolute atomic E-state index is 12.3. The molecule has 2 aliphatic carbocycles. The quantitative estimate of drug-likeness (QED) is 0.541. The molecular formula is C17H27N5O2S. The Kier molecular flexibility index (Phi) is 6.34. The van der Waals surface area contributed by atoms with E-state index in [9.17, 15) is 9.59 Å². The molecule has 0 aliphatic heterocycles. The lowest BCUT2D eigenvalue weighted by Gasteiger charge is -2.16. The molecule has 1 heterocycles. The first kappa shape index (κ1) is 18.2. The lowest BCUT2D eigenvalue weighted by Crippen LogP contribution is -2.35. The van der Waals surface area contributed by atoms with E-state index in [1.165, 1.54) is 37.4 Å². The molecule has 138 valence electrons. The summed E-state index contributed by atoms with van der Waals surface area (Å²) in [6, 6.07) is 0.311. The monoisotopic (exact) mass is 365 g/mol. The van der Waals surface area contributed by atoms with Crippen molar-refractivity contribution in [2.75, 3.05) is 5.75 Å². The van der Waals surface area contributed by atoms with Gasteiger partial charge in [0, 0.05) is 24.9 Å². The van der Waals surface area contributed by atoms with Crippen LogP contribution < -0.4 is 11.1 Å². The van der Waals surface area contributed by atoms with Crippen molar-refractivity contribution in [3.05, 3.63) is 5.82 Å². The number of nitrogens with two attached hydrogens (primary N) is 1. The zero-order valence-electron chi connectivity index (χ0n) is 14.6. The molecule has 0 saturated heterocycles. The van der Waals surface area contributed by atoms with Gasteiger partial charge in [0.05, 0.1) is 5.75 Å². The summed E-state index contributed by atoms with van der Waals surface area (Å²) in [4.78, 5) is 23.4. The van der Waals surface area contributed by atoms with Crippen LogP contribution in [0.2, 0.25) is 0 Å². The number of thioether (sulfide) groups is 1. The molecule has 0 atom stereocenters. The second kappa shape index (κ2) is 8.69. The minimum absolute atomic E-state index is 0.0503. The lowest BCUT2D eigenvalue weighted by molar-refractivity contribution is -0.119. The number of carbonyl (C=O) groups is 2. The molecule has 25 heavy (non-hydrogen) atoms. The van der Waals surface area contributed by atoms with Crippen LogP contribution in [0.15, 0.2) is 5.16 Å². The van der Waals surface area contributed by atoms with Gasteiger partial charge < -0.3 is 15.6 Å². The van der Waals surface area contributed by atoms with E-state index in [0.29, 0.717) is 29.4 Å². The number of hydrogen-bond acceptors (Lipinski definition) is 5. The van der Waals surface area contributed by atoms with Crippen molar-refractivity contribution < 1.29 is 9.59 Å². The van der Waals surface area contributed by atoms with E-state index in [2.05, 4.69) is 15.5 Å². The van der Waals surface area contributed by atoms with E-state index >= 15 is 0 Å². The Balaban J connectivity index is 1.54. The van der Waals surface area contributed by atoms with Crippen LogP contribution in [0.5, 0.6) is 0 Å². The summed E-state index contributed by atoms with van der Waals surface area (Å²) in [5.41, 5.74) is 5.28. The predicted octanol–water partition coefficient (Wildman–Crippen LogP) is 1.96. The second-order valence-electron chi connectivity index (χ2n) is 7.03. The normalized spacial score (nSPS) is 18.7. The van der Waals surface area contributed by atoms with Gasteiger partial charge in [0.15, 0.2) is 5.16 Å². The number of nitrogens with one attached hydrogen (secondary N) is 1. The van der Waals surface area contributed by atoms with Gasteiger partial charge in [-0.1, -0.05) is 37.4 Å². The van der Waals surface area contributed by atoms with Crippen molar-refractivity contribution >= 4 is 23.6 Å². The van der Waals surface area contributed by atoms with Gasteiger partial charge in [0.2, 0.25) is 11.8 Å². The molecule has 0 aromatic carbocycles. The summed E-state index contributed by atoms with van der Waals surface area (Å²) >= 11 is 1.39. The van der Waals surface area contributed by atoms with Crippen LogP contribution in [0.25, 0.3) is 0 Å². The zero-order valence-corrected chi connectivity index (χ0v) is 15.4. The zero-order chi connectivity index (χ0) is 17.6. The number of amides is 2.